The van der Waals surface area contributed by atoms with Crippen molar-refractivity contribution in [1.29, 1.82) is 0 Å². The van der Waals surface area contributed by atoms with Crippen LogP contribution in [-0.4, -0.2) is 17.7 Å². The average Bonchev–Trinajstić information content (AvgIpc) is 2.67. The first-order chi connectivity index (χ1) is 8.91. The van der Waals surface area contributed by atoms with E-state index in [1.807, 2.05) is 4.90 Å². The number of hydrogen-bond acceptors (Lipinski definition) is 2. The van der Waals surface area contributed by atoms with Crippen molar-refractivity contribution >= 4 is 24.2 Å². The quantitative estimate of drug-likeness (QED) is 0.829. The Kier molecular flexibility index (Phi) is 4.24. The Bertz CT molecular complexity index is 455. The van der Waals surface area contributed by atoms with Gasteiger partial charge < -0.3 is 4.90 Å². The SMILES string of the molecule is CC(C)c1cccc(C(C)C)c1N1CC(S)CC1=O. The summed E-state index contributed by atoms with van der Waals surface area (Å²) in [4.78, 5) is 14.2. The minimum absolute atomic E-state index is 0.160. The summed E-state index contributed by atoms with van der Waals surface area (Å²) in [6.07, 6.45) is 0.549. The molecule has 1 atom stereocenters. The molecule has 0 saturated carbocycles. The van der Waals surface area contributed by atoms with E-state index in [4.69, 9.17) is 0 Å². The minimum atomic E-state index is 0.160. The molecule has 1 amide bonds. The number of thiol groups is 1. The summed E-state index contributed by atoms with van der Waals surface area (Å²) in [7, 11) is 0. The number of anilines is 1. The second-order valence-electron chi connectivity index (χ2n) is 5.96. The van der Waals surface area contributed by atoms with E-state index in [-0.39, 0.29) is 11.2 Å². The first kappa shape index (κ1) is 14.4. The van der Waals surface area contributed by atoms with E-state index in [9.17, 15) is 4.79 Å². The molecule has 1 aromatic rings. The zero-order chi connectivity index (χ0) is 14.2. The number of benzene rings is 1. The van der Waals surface area contributed by atoms with Gasteiger partial charge in [0.25, 0.3) is 0 Å². The molecule has 0 aromatic heterocycles. The van der Waals surface area contributed by atoms with Gasteiger partial charge in [0.2, 0.25) is 5.91 Å². The summed E-state index contributed by atoms with van der Waals surface area (Å²) in [5.41, 5.74) is 3.66. The zero-order valence-electron chi connectivity index (χ0n) is 12.2. The lowest BCUT2D eigenvalue weighted by atomic mass is 9.92. The van der Waals surface area contributed by atoms with Crippen molar-refractivity contribution in [3.05, 3.63) is 29.3 Å². The summed E-state index contributed by atoms with van der Waals surface area (Å²) < 4.78 is 0. The van der Waals surface area contributed by atoms with Crippen LogP contribution in [0, 0.1) is 0 Å². The van der Waals surface area contributed by atoms with Crippen LogP contribution in [0.4, 0.5) is 5.69 Å². The van der Waals surface area contributed by atoms with Gasteiger partial charge in [-0.3, -0.25) is 4.79 Å². The summed E-state index contributed by atoms with van der Waals surface area (Å²) >= 11 is 4.47. The maximum atomic E-state index is 12.2. The van der Waals surface area contributed by atoms with Crippen LogP contribution in [0.5, 0.6) is 0 Å². The van der Waals surface area contributed by atoms with Crippen LogP contribution in [0.3, 0.4) is 0 Å². The fraction of sp³-hybridized carbons (Fsp3) is 0.562. The van der Waals surface area contributed by atoms with Crippen LogP contribution in [0.25, 0.3) is 0 Å². The lowest BCUT2D eigenvalue weighted by molar-refractivity contribution is -0.117. The molecule has 2 nitrogen and oxygen atoms in total. The molecule has 1 saturated heterocycles. The van der Waals surface area contributed by atoms with E-state index in [1.54, 1.807) is 0 Å². The van der Waals surface area contributed by atoms with Crippen LogP contribution >= 0.6 is 12.6 Å². The van der Waals surface area contributed by atoms with E-state index in [1.165, 1.54) is 11.1 Å². The highest BCUT2D eigenvalue weighted by Crippen LogP contribution is 2.37. The minimum Gasteiger partial charge on any atom is -0.311 e. The second kappa shape index (κ2) is 5.58. The van der Waals surface area contributed by atoms with Gasteiger partial charge in [0.1, 0.15) is 0 Å². The number of para-hydroxylation sites is 1. The van der Waals surface area contributed by atoms with Crippen molar-refractivity contribution in [2.75, 3.05) is 11.4 Å². The van der Waals surface area contributed by atoms with Crippen LogP contribution in [-0.2, 0) is 4.79 Å². The number of rotatable bonds is 3. The average molecular weight is 277 g/mol. The maximum Gasteiger partial charge on any atom is 0.228 e. The van der Waals surface area contributed by atoms with Gasteiger partial charge in [0, 0.05) is 18.2 Å². The predicted octanol–water partition coefficient (Wildman–Crippen LogP) is 3.97. The van der Waals surface area contributed by atoms with Crippen molar-refractivity contribution in [3.63, 3.8) is 0 Å². The van der Waals surface area contributed by atoms with Gasteiger partial charge in [0.15, 0.2) is 0 Å². The highest BCUT2D eigenvalue weighted by Gasteiger charge is 2.31. The summed E-state index contributed by atoms with van der Waals surface area (Å²) in [6, 6.07) is 6.39. The predicted molar refractivity (Wildman–Crippen MR) is 84.4 cm³/mol. The topological polar surface area (TPSA) is 20.3 Å². The molecule has 0 radical (unpaired) electrons. The Hall–Kier alpha value is -0.960. The number of amides is 1. The molecule has 2 rings (SSSR count). The fourth-order valence-corrected chi connectivity index (χ4v) is 3.05. The third-order valence-electron chi connectivity index (χ3n) is 3.72. The van der Waals surface area contributed by atoms with Crippen LogP contribution in [0.15, 0.2) is 18.2 Å². The molecule has 0 aliphatic carbocycles. The number of carbonyl (C=O) groups is 1. The lowest BCUT2D eigenvalue weighted by Gasteiger charge is -2.26. The Morgan fingerprint density at radius 2 is 1.68 bits per heavy atom. The van der Waals surface area contributed by atoms with Crippen molar-refractivity contribution in [2.24, 2.45) is 0 Å². The van der Waals surface area contributed by atoms with Gasteiger partial charge in [-0.25, -0.2) is 0 Å². The van der Waals surface area contributed by atoms with Gasteiger partial charge in [-0.05, 0) is 23.0 Å². The Labute approximate surface area is 121 Å². The van der Waals surface area contributed by atoms with Crippen LogP contribution in [0.1, 0.15) is 57.1 Å². The van der Waals surface area contributed by atoms with Crippen LogP contribution in [0.2, 0.25) is 0 Å². The lowest BCUT2D eigenvalue weighted by Crippen LogP contribution is -2.27. The van der Waals surface area contributed by atoms with Crippen molar-refractivity contribution < 1.29 is 4.79 Å². The van der Waals surface area contributed by atoms with Gasteiger partial charge in [-0.2, -0.15) is 12.6 Å². The molecule has 1 unspecified atom stereocenters. The molecule has 1 heterocycles. The number of carbonyl (C=O) groups excluding carboxylic acids is 1. The van der Waals surface area contributed by atoms with E-state index in [2.05, 4.69) is 58.5 Å². The van der Waals surface area contributed by atoms with Gasteiger partial charge >= 0.3 is 0 Å². The third kappa shape index (κ3) is 2.81. The molecule has 104 valence electrons. The number of nitrogens with zero attached hydrogens (tertiary/aromatic N) is 1. The second-order valence-corrected chi connectivity index (χ2v) is 6.69. The van der Waals surface area contributed by atoms with E-state index in [0.717, 1.165) is 12.2 Å². The Morgan fingerprint density at radius 1 is 1.16 bits per heavy atom. The maximum absolute atomic E-state index is 12.2. The Balaban J connectivity index is 2.55. The monoisotopic (exact) mass is 277 g/mol. The summed E-state index contributed by atoms with van der Waals surface area (Å²) in [5, 5.41) is 0.160. The van der Waals surface area contributed by atoms with Crippen molar-refractivity contribution in [3.8, 4) is 0 Å². The summed E-state index contributed by atoms with van der Waals surface area (Å²) in [6.45, 7) is 9.46. The molecule has 19 heavy (non-hydrogen) atoms. The van der Waals surface area contributed by atoms with E-state index in [0.29, 0.717) is 18.3 Å². The molecule has 1 aromatic carbocycles. The smallest absolute Gasteiger partial charge is 0.228 e. The summed E-state index contributed by atoms with van der Waals surface area (Å²) in [5.74, 6) is 1.04. The molecule has 1 fully saturated rings. The third-order valence-corrected chi connectivity index (χ3v) is 4.06. The molecule has 0 bridgehead atoms. The van der Waals surface area contributed by atoms with E-state index >= 15 is 0 Å². The molecular formula is C16H23NOS. The normalized spacial score (nSPS) is 19.8. The highest BCUT2D eigenvalue weighted by molar-refractivity contribution is 7.81. The molecular weight excluding hydrogens is 254 g/mol. The largest absolute Gasteiger partial charge is 0.311 e. The van der Waals surface area contributed by atoms with Gasteiger partial charge in [0.05, 0.1) is 5.69 Å². The highest BCUT2D eigenvalue weighted by atomic mass is 32.1. The standard InChI is InChI=1S/C16H23NOS/c1-10(2)13-6-5-7-14(11(3)4)16(13)17-9-12(19)8-15(17)18/h5-7,10-12,19H,8-9H2,1-4H3. The fourth-order valence-electron chi connectivity index (χ4n) is 2.73. The first-order valence-corrected chi connectivity index (χ1v) is 7.54. The van der Waals surface area contributed by atoms with Crippen LogP contribution < -0.4 is 4.90 Å². The number of hydrogen-bond donors (Lipinski definition) is 1. The first-order valence-electron chi connectivity index (χ1n) is 7.03. The molecule has 0 spiro atoms. The molecule has 0 N–H and O–H groups in total. The molecule has 3 heteroatoms. The molecule has 1 aliphatic rings. The van der Waals surface area contributed by atoms with E-state index < -0.39 is 0 Å². The van der Waals surface area contributed by atoms with Gasteiger partial charge in [-0.1, -0.05) is 45.9 Å². The molecule has 1 aliphatic heterocycles. The van der Waals surface area contributed by atoms with Crippen molar-refractivity contribution in [2.45, 2.75) is 51.2 Å². The van der Waals surface area contributed by atoms with Crippen molar-refractivity contribution in [1.82, 2.24) is 0 Å². The van der Waals surface area contributed by atoms with Gasteiger partial charge in [-0.15, -0.1) is 0 Å². The Morgan fingerprint density at radius 3 is 2.05 bits per heavy atom. The zero-order valence-corrected chi connectivity index (χ0v) is 13.1.